The van der Waals surface area contributed by atoms with Gasteiger partial charge in [-0.1, -0.05) is 6.92 Å². The van der Waals surface area contributed by atoms with Crippen LogP contribution in [-0.4, -0.2) is 51.8 Å². The molecule has 6 heteroatoms. The Morgan fingerprint density at radius 3 is 2.78 bits per heavy atom. The first-order valence-electron chi connectivity index (χ1n) is 8.14. The first-order chi connectivity index (χ1) is 10.8. The van der Waals surface area contributed by atoms with Gasteiger partial charge in [-0.3, -0.25) is 9.48 Å². The number of hydrogen-bond acceptors (Lipinski definition) is 4. The summed E-state index contributed by atoms with van der Waals surface area (Å²) in [5.74, 6) is -0.0610. The zero-order valence-corrected chi connectivity index (χ0v) is 15.0. The van der Waals surface area contributed by atoms with Crippen LogP contribution >= 0.6 is 0 Å². The molecule has 2 aromatic heterocycles. The molecule has 0 aliphatic heterocycles. The maximum atomic E-state index is 12.6. The van der Waals surface area contributed by atoms with Crippen molar-refractivity contribution >= 4 is 16.9 Å². The summed E-state index contributed by atoms with van der Waals surface area (Å²) < 4.78 is 1.73. The highest BCUT2D eigenvalue weighted by atomic mass is 16.1. The molecule has 126 valence electrons. The Morgan fingerprint density at radius 2 is 2.13 bits per heavy atom. The normalized spacial score (nSPS) is 12.8. The molecule has 0 radical (unpaired) electrons. The second kappa shape index (κ2) is 7.08. The second-order valence-corrected chi connectivity index (χ2v) is 6.21. The molecule has 0 fully saturated rings. The van der Waals surface area contributed by atoms with Gasteiger partial charge in [-0.25, -0.2) is 4.98 Å². The third-order valence-corrected chi connectivity index (χ3v) is 4.43. The number of carbonyl (C=O) groups excluding carboxylic acids is 1. The monoisotopic (exact) mass is 317 g/mol. The number of likely N-dealkylation sites (N-methyl/N-ethyl adjacent to an activating group) is 1. The lowest BCUT2D eigenvalue weighted by Gasteiger charge is -2.23. The van der Waals surface area contributed by atoms with E-state index in [-0.39, 0.29) is 5.91 Å². The first-order valence-corrected chi connectivity index (χ1v) is 8.14. The van der Waals surface area contributed by atoms with Crippen LogP contribution in [0.1, 0.15) is 42.0 Å². The fraction of sp³-hybridized carbons (Fsp3) is 0.588. The van der Waals surface area contributed by atoms with Gasteiger partial charge in [0.2, 0.25) is 0 Å². The lowest BCUT2D eigenvalue weighted by molar-refractivity contribution is 0.0949. The van der Waals surface area contributed by atoms with E-state index < -0.39 is 0 Å². The lowest BCUT2D eigenvalue weighted by Crippen LogP contribution is -2.37. The summed E-state index contributed by atoms with van der Waals surface area (Å²) in [4.78, 5) is 19.3. The van der Waals surface area contributed by atoms with E-state index in [1.807, 2.05) is 27.0 Å². The van der Waals surface area contributed by atoms with Crippen LogP contribution in [0.4, 0.5) is 0 Å². The van der Waals surface area contributed by atoms with E-state index in [1.165, 1.54) is 0 Å². The van der Waals surface area contributed by atoms with Crippen molar-refractivity contribution in [1.29, 1.82) is 0 Å². The average Bonchev–Trinajstić information content (AvgIpc) is 2.79. The summed E-state index contributed by atoms with van der Waals surface area (Å²) in [6.07, 6.45) is 1.10. The van der Waals surface area contributed by atoms with Crippen LogP contribution in [0, 0.1) is 13.8 Å². The number of nitrogens with one attached hydrogen (secondary N) is 1. The molecule has 0 aromatic carbocycles. The van der Waals surface area contributed by atoms with Crippen molar-refractivity contribution in [1.82, 2.24) is 25.0 Å². The minimum Gasteiger partial charge on any atom is -0.351 e. The highest BCUT2D eigenvalue weighted by molar-refractivity contribution is 6.06. The Hall–Kier alpha value is -1.95. The van der Waals surface area contributed by atoms with Gasteiger partial charge in [0.15, 0.2) is 5.65 Å². The number of rotatable bonds is 6. The molecule has 1 amide bonds. The van der Waals surface area contributed by atoms with E-state index in [0.29, 0.717) is 18.2 Å². The highest BCUT2D eigenvalue weighted by Gasteiger charge is 2.17. The maximum Gasteiger partial charge on any atom is 0.252 e. The fourth-order valence-corrected chi connectivity index (χ4v) is 2.72. The molecule has 2 heterocycles. The van der Waals surface area contributed by atoms with E-state index in [1.54, 1.807) is 4.68 Å². The van der Waals surface area contributed by atoms with Gasteiger partial charge in [0.25, 0.3) is 5.91 Å². The van der Waals surface area contributed by atoms with Crippen LogP contribution in [0.5, 0.6) is 0 Å². The molecule has 1 atom stereocenters. The number of nitrogens with zero attached hydrogens (tertiary/aromatic N) is 4. The standard InChI is InChI=1S/C17H27N5O/c1-7-12(3)21(5)9-8-18-17(23)14-10-11(2)19-16-15(14)13(4)20-22(16)6/h10,12H,7-9H2,1-6H3,(H,18,23)/t12-/m1/s1. The third kappa shape index (κ3) is 3.69. The number of carbonyl (C=O) groups is 1. The molecule has 1 N–H and O–H groups in total. The van der Waals surface area contributed by atoms with Crippen LogP contribution in [0.15, 0.2) is 6.07 Å². The Labute approximate surface area is 137 Å². The van der Waals surface area contributed by atoms with Crippen molar-refractivity contribution in [2.24, 2.45) is 7.05 Å². The summed E-state index contributed by atoms with van der Waals surface area (Å²) >= 11 is 0. The Morgan fingerprint density at radius 1 is 1.43 bits per heavy atom. The van der Waals surface area contributed by atoms with Crippen molar-refractivity contribution in [2.75, 3.05) is 20.1 Å². The van der Waals surface area contributed by atoms with E-state index in [2.05, 4.69) is 41.2 Å². The van der Waals surface area contributed by atoms with Crippen molar-refractivity contribution in [3.8, 4) is 0 Å². The quantitative estimate of drug-likeness (QED) is 0.885. The molecule has 23 heavy (non-hydrogen) atoms. The van der Waals surface area contributed by atoms with E-state index in [4.69, 9.17) is 0 Å². The van der Waals surface area contributed by atoms with Gasteiger partial charge >= 0.3 is 0 Å². The molecule has 0 unspecified atom stereocenters. The van der Waals surface area contributed by atoms with Crippen LogP contribution in [-0.2, 0) is 7.05 Å². The van der Waals surface area contributed by atoms with Crippen molar-refractivity contribution in [3.63, 3.8) is 0 Å². The second-order valence-electron chi connectivity index (χ2n) is 6.21. The van der Waals surface area contributed by atoms with Crippen LogP contribution < -0.4 is 5.32 Å². The Bertz CT molecular complexity index is 707. The van der Waals surface area contributed by atoms with Gasteiger partial charge in [-0.15, -0.1) is 0 Å². The topological polar surface area (TPSA) is 63.1 Å². The first kappa shape index (κ1) is 17.4. The number of aromatic nitrogens is 3. The summed E-state index contributed by atoms with van der Waals surface area (Å²) in [5.41, 5.74) is 3.06. The van der Waals surface area contributed by atoms with Gasteiger partial charge in [0.05, 0.1) is 16.6 Å². The molecule has 2 rings (SSSR count). The maximum absolute atomic E-state index is 12.6. The summed E-state index contributed by atoms with van der Waals surface area (Å²) in [6.45, 7) is 9.63. The molecule has 0 saturated carbocycles. The molecule has 0 bridgehead atoms. The molecule has 2 aromatic rings. The van der Waals surface area contributed by atoms with E-state index >= 15 is 0 Å². The van der Waals surface area contributed by atoms with Crippen LogP contribution in [0.25, 0.3) is 11.0 Å². The number of amides is 1. The highest BCUT2D eigenvalue weighted by Crippen LogP contribution is 2.21. The predicted molar refractivity (Wildman–Crippen MR) is 92.7 cm³/mol. The number of pyridine rings is 1. The smallest absolute Gasteiger partial charge is 0.252 e. The minimum absolute atomic E-state index is 0.0610. The van der Waals surface area contributed by atoms with Crippen molar-refractivity contribution in [3.05, 3.63) is 23.0 Å². The van der Waals surface area contributed by atoms with Gasteiger partial charge in [-0.2, -0.15) is 5.10 Å². The van der Waals surface area contributed by atoms with Gasteiger partial charge in [0, 0.05) is 31.9 Å². The molecular formula is C17H27N5O. The minimum atomic E-state index is -0.0610. The third-order valence-electron chi connectivity index (χ3n) is 4.43. The molecular weight excluding hydrogens is 290 g/mol. The van der Waals surface area contributed by atoms with E-state index in [9.17, 15) is 4.79 Å². The van der Waals surface area contributed by atoms with Gasteiger partial charge in [0.1, 0.15) is 0 Å². The summed E-state index contributed by atoms with van der Waals surface area (Å²) in [7, 11) is 3.94. The number of fused-ring (bicyclic) bond motifs is 1. The van der Waals surface area contributed by atoms with Crippen LogP contribution in [0.3, 0.4) is 0 Å². The summed E-state index contributed by atoms with van der Waals surface area (Å²) in [6, 6.07) is 2.35. The predicted octanol–water partition coefficient (Wildman–Crippen LogP) is 2.05. The molecule has 0 spiro atoms. The average molecular weight is 317 g/mol. The van der Waals surface area contributed by atoms with E-state index in [0.717, 1.165) is 35.4 Å². The van der Waals surface area contributed by atoms with Gasteiger partial charge in [-0.05, 0) is 40.3 Å². The van der Waals surface area contributed by atoms with Crippen molar-refractivity contribution in [2.45, 2.75) is 40.2 Å². The zero-order valence-electron chi connectivity index (χ0n) is 15.0. The van der Waals surface area contributed by atoms with Crippen molar-refractivity contribution < 1.29 is 4.79 Å². The SMILES string of the molecule is CC[C@@H](C)N(C)CCNC(=O)c1cc(C)nc2c1c(C)nn2C. The fourth-order valence-electron chi connectivity index (χ4n) is 2.72. The zero-order chi connectivity index (χ0) is 17.1. The lowest BCUT2D eigenvalue weighted by atomic mass is 10.1. The van der Waals surface area contributed by atoms with Crippen LogP contribution in [0.2, 0.25) is 0 Å². The molecule has 0 saturated heterocycles. The molecule has 0 aliphatic rings. The molecule has 6 nitrogen and oxygen atoms in total. The largest absolute Gasteiger partial charge is 0.351 e. The summed E-state index contributed by atoms with van der Waals surface area (Å²) in [5, 5.41) is 8.24. The van der Waals surface area contributed by atoms with Gasteiger partial charge < -0.3 is 10.2 Å². The Balaban J connectivity index is 2.15. The number of hydrogen-bond donors (Lipinski definition) is 1. The number of aryl methyl sites for hydroxylation is 3. The Kier molecular flexibility index (Phi) is 5.36. The molecule has 0 aliphatic carbocycles.